The molecule has 1 aromatic heterocycles. The fraction of sp³-hybridized carbons (Fsp3) is 0. The molecule has 0 amide bonds. The molecule has 0 atom stereocenters. The molecule has 0 nitrogen and oxygen atoms in total. The van der Waals surface area contributed by atoms with Gasteiger partial charge in [0.2, 0.25) is 0 Å². The molecule has 0 spiro atoms. The molecule has 0 radical (unpaired) electrons. The zero-order valence-electron chi connectivity index (χ0n) is 5.84. The van der Waals surface area contributed by atoms with E-state index in [0.717, 1.165) is 19.8 Å². The van der Waals surface area contributed by atoms with Gasteiger partial charge < -0.3 is 0 Å². The molecule has 12 heavy (non-hydrogen) atoms. The number of halogens is 2. The fourth-order valence-corrected chi connectivity index (χ4v) is 2.85. The summed E-state index contributed by atoms with van der Waals surface area (Å²) in [4.78, 5) is 1.01. The van der Waals surface area contributed by atoms with Crippen LogP contribution in [0.1, 0.15) is 0 Å². The van der Waals surface area contributed by atoms with Gasteiger partial charge in [-0.3, -0.25) is 0 Å². The van der Waals surface area contributed by atoms with Gasteiger partial charge >= 0.3 is 0 Å². The van der Waals surface area contributed by atoms with E-state index in [0.29, 0.717) is 0 Å². The Morgan fingerprint density at radius 1 is 1.42 bits per heavy atom. The number of rotatable bonds is 0. The van der Waals surface area contributed by atoms with Crippen LogP contribution in [0.15, 0.2) is 26.9 Å². The highest BCUT2D eigenvalue weighted by Gasteiger charge is 2.04. The molecular weight excluding hydrogens is 276 g/mol. The van der Waals surface area contributed by atoms with Crippen molar-refractivity contribution in [2.45, 2.75) is 4.90 Å². The molecule has 0 saturated carbocycles. The average molecular weight is 280 g/mol. The van der Waals surface area contributed by atoms with E-state index in [2.05, 4.69) is 28.6 Å². The minimum Gasteiger partial charge on any atom is -0.143 e. The lowest BCUT2D eigenvalue weighted by Gasteiger charge is -1.95. The molecule has 0 fully saturated rings. The van der Waals surface area contributed by atoms with E-state index in [1.807, 2.05) is 17.5 Å². The molecule has 0 aliphatic rings. The van der Waals surface area contributed by atoms with Crippen molar-refractivity contribution in [3.63, 3.8) is 0 Å². The molecule has 0 aliphatic heterocycles. The lowest BCUT2D eigenvalue weighted by Crippen LogP contribution is -1.69. The molecule has 0 aliphatic carbocycles. The average Bonchev–Trinajstić information content (AvgIpc) is 2.35. The molecule has 1 heterocycles. The third kappa shape index (κ3) is 1.39. The van der Waals surface area contributed by atoms with Crippen molar-refractivity contribution in [2.75, 3.05) is 0 Å². The van der Waals surface area contributed by atoms with E-state index in [9.17, 15) is 0 Å². The van der Waals surface area contributed by atoms with Gasteiger partial charge in [0.05, 0.1) is 5.02 Å². The normalized spacial score (nSPS) is 10.9. The lowest BCUT2D eigenvalue weighted by molar-refractivity contribution is 1.65. The molecule has 0 saturated heterocycles. The second kappa shape index (κ2) is 3.22. The predicted molar refractivity (Wildman–Crippen MR) is 61.8 cm³/mol. The summed E-state index contributed by atoms with van der Waals surface area (Å²) < 4.78 is 2.10. The minimum absolute atomic E-state index is 0.748. The topological polar surface area (TPSA) is 0 Å². The SMILES string of the molecule is Sc1csc2cc(Cl)c(Br)cc12. The zero-order valence-corrected chi connectivity index (χ0v) is 9.90. The maximum atomic E-state index is 5.93. The van der Waals surface area contributed by atoms with Gasteiger partial charge in [-0.15, -0.1) is 24.0 Å². The molecule has 62 valence electrons. The first-order valence-corrected chi connectivity index (χ1v) is 5.73. The highest BCUT2D eigenvalue weighted by molar-refractivity contribution is 9.10. The highest BCUT2D eigenvalue weighted by atomic mass is 79.9. The third-order valence-electron chi connectivity index (χ3n) is 1.60. The van der Waals surface area contributed by atoms with Crippen molar-refractivity contribution < 1.29 is 0 Å². The summed E-state index contributed by atoms with van der Waals surface area (Å²) >= 11 is 15.3. The van der Waals surface area contributed by atoms with Crippen LogP contribution in [-0.2, 0) is 0 Å². The third-order valence-corrected chi connectivity index (χ3v) is 4.28. The van der Waals surface area contributed by atoms with E-state index >= 15 is 0 Å². The van der Waals surface area contributed by atoms with Crippen LogP contribution in [-0.4, -0.2) is 0 Å². The Morgan fingerprint density at radius 2 is 2.17 bits per heavy atom. The van der Waals surface area contributed by atoms with Crippen molar-refractivity contribution in [3.8, 4) is 0 Å². The van der Waals surface area contributed by atoms with Crippen LogP contribution in [0.25, 0.3) is 10.1 Å². The number of benzene rings is 1. The van der Waals surface area contributed by atoms with E-state index in [4.69, 9.17) is 11.6 Å². The summed E-state index contributed by atoms with van der Waals surface area (Å²) in [6, 6.07) is 3.95. The van der Waals surface area contributed by atoms with Gasteiger partial charge in [-0.05, 0) is 28.1 Å². The first-order valence-electron chi connectivity index (χ1n) is 3.23. The van der Waals surface area contributed by atoms with Crippen LogP contribution in [0.5, 0.6) is 0 Å². The summed E-state index contributed by atoms with van der Waals surface area (Å²) in [5.41, 5.74) is 0. The Morgan fingerprint density at radius 3 is 2.92 bits per heavy atom. The maximum absolute atomic E-state index is 5.93. The first-order chi connectivity index (χ1) is 5.68. The van der Waals surface area contributed by atoms with Crippen molar-refractivity contribution >= 4 is 61.6 Å². The van der Waals surface area contributed by atoms with E-state index < -0.39 is 0 Å². The summed E-state index contributed by atoms with van der Waals surface area (Å²) in [6.07, 6.45) is 0. The number of hydrogen-bond donors (Lipinski definition) is 1. The zero-order chi connectivity index (χ0) is 8.72. The quantitative estimate of drug-likeness (QED) is 0.669. The standard InChI is InChI=1S/C8H4BrClS2/c9-5-1-4-7(11)3-12-8(4)2-6(5)10/h1-3,11H. The van der Waals surface area contributed by atoms with Crippen molar-refractivity contribution in [1.29, 1.82) is 0 Å². The van der Waals surface area contributed by atoms with Gasteiger partial charge in [0.1, 0.15) is 0 Å². The fourth-order valence-electron chi connectivity index (χ4n) is 1.01. The maximum Gasteiger partial charge on any atom is 0.0562 e. The Hall–Kier alpha value is 0.300. The Bertz CT molecular complexity index is 436. The van der Waals surface area contributed by atoms with Crippen LogP contribution in [0.4, 0.5) is 0 Å². The summed E-state index contributed by atoms with van der Waals surface area (Å²) in [5.74, 6) is 0. The molecule has 1 aromatic carbocycles. The summed E-state index contributed by atoms with van der Waals surface area (Å²) in [5, 5.41) is 3.91. The van der Waals surface area contributed by atoms with E-state index in [1.54, 1.807) is 11.3 Å². The molecule has 2 rings (SSSR count). The van der Waals surface area contributed by atoms with Crippen LogP contribution in [0.2, 0.25) is 5.02 Å². The van der Waals surface area contributed by atoms with Crippen molar-refractivity contribution in [3.05, 3.63) is 27.0 Å². The van der Waals surface area contributed by atoms with Gasteiger partial charge in [0.25, 0.3) is 0 Å². The van der Waals surface area contributed by atoms with Crippen molar-refractivity contribution in [1.82, 2.24) is 0 Å². The van der Waals surface area contributed by atoms with Crippen LogP contribution in [0.3, 0.4) is 0 Å². The molecular formula is C8H4BrClS2. The van der Waals surface area contributed by atoms with Crippen LogP contribution >= 0.6 is 51.5 Å². The Labute approximate surface area is 93.1 Å². The smallest absolute Gasteiger partial charge is 0.0562 e. The summed E-state index contributed by atoms with van der Waals surface area (Å²) in [6.45, 7) is 0. The van der Waals surface area contributed by atoms with Crippen molar-refractivity contribution in [2.24, 2.45) is 0 Å². The number of thiophene rings is 1. The summed E-state index contributed by atoms with van der Waals surface area (Å²) in [7, 11) is 0. The second-order valence-electron chi connectivity index (χ2n) is 2.38. The first kappa shape index (κ1) is 8.88. The molecule has 4 heteroatoms. The van der Waals surface area contributed by atoms with Gasteiger partial charge in [0, 0.05) is 24.8 Å². The molecule has 0 N–H and O–H groups in total. The number of thiol groups is 1. The number of hydrogen-bond acceptors (Lipinski definition) is 2. The largest absolute Gasteiger partial charge is 0.143 e. The predicted octanol–water partition coefficient (Wildman–Crippen LogP) is 4.61. The molecule has 2 aromatic rings. The van der Waals surface area contributed by atoms with E-state index in [-0.39, 0.29) is 0 Å². The minimum atomic E-state index is 0.748. The number of fused-ring (bicyclic) bond motifs is 1. The Kier molecular flexibility index (Phi) is 2.38. The van der Waals surface area contributed by atoms with Crippen LogP contribution in [0, 0.1) is 0 Å². The van der Waals surface area contributed by atoms with Crippen LogP contribution < -0.4 is 0 Å². The van der Waals surface area contributed by atoms with E-state index in [1.165, 1.54) is 4.70 Å². The Balaban J connectivity index is 2.87. The monoisotopic (exact) mass is 278 g/mol. The highest BCUT2D eigenvalue weighted by Crippen LogP contribution is 2.35. The molecule has 0 unspecified atom stereocenters. The second-order valence-corrected chi connectivity index (χ2v) is 5.04. The van der Waals surface area contributed by atoms with Gasteiger partial charge in [-0.2, -0.15) is 0 Å². The van der Waals surface area contributed by atoms with Gasteiger partial charge in [0.15, 0.2) is 0 Å². The lowest BCUT2D eigenvalue weighted by atomic mass is 10.3. The van der Waals surface area contributed by atoms with Gasteiger partial charge in [-0.25, -0.2) is 0 Å². The van der Waals surface area contributed by atoms with Gasteiger partial charge in [-0.1, -0.05) is 11.6 Å². The molecule has 0 bridgehead atoms.